The molecule has 0 spiro atoms. The van der Waals surface area contributed by atoms with Crippen LogP contribution in [0, 0.1) is 0 Å². The zero-order chi connectivity index (χ0) is 26.0. The first kappa shape index (κ1) is 25.6. The third-order valence-corrected chi connectivity index (χ3v) is 6.28. The van der Waals surface area contributed by atoms with Gasteiger partial charge in [-0.25, -0.2) is 15.0 Å². The average molecular weight is 490 g/mol. The van der Waals surface area contributed by atoms with Crippen LogP contribution in [0.15, 0.2) is 42.7 Å². The first-order valence-corrected chi connectivity index (χ1v) is 12.5. The molecule has 1 aliphatic rings. The molecular weight excluding hydrogens is 450 g/mol. The van der Waals surface area contributed by atoms with Gasteiger partial charge in [0.25, 0.3) is 5.91 Å². The Bertz CT molecular complexity index is 1250. The Morgan fingerprint density at radius 3 is 2.47 bits per heavy atom. The van der Waals surface area contributed by atoms with E-state index in [0.717, 1.165) is 24.4 Å². The van der Waals surface area contributed by atoms with Gasteiger partial charge < -0.3 is 20.9 Å². The number of fused-ring (bicyclic) bond motifs is 1. The summed E-state index contributed by atoms with van der Waals surface area (Å²) in [7, 11) is 4.26. The van der Waals surface area contributed by atoms with Gasteiger partial charge in [-0.2, -0.15) is 0 Å². The van der Waals surface area contributed by atoms with Gasteiger partial charge in [0.1, 0.15) is 17.5 Å². The molecule has 36 heavy (non-hydrogen) atoms. The van der Waals surface area contributed by atoms with Gasteiger partial charge in [0.2, 0.25) is 0 Å². The van der Waals surface area contributed by atoms with Crippen LogP contribution in [-0.2, 0) is 18.3 Å². The monoisotopic (exact) mass is 489 g/mol. The average Bonchev–Trinajstić information content (AvgIpc) is 3.22. The summed E-state index contributed by atoms with van der Waals surface area (Å²) in [5.74, 6) is 1.80. The molecule has 1 aromatic carbocycles. The van der Waals surface area contributed by atoms with Crippen LogP contribution in [0.25, 0.3) is 0 Å². The number of carbonyl (C=O) groups excluding carboxylic acids is 1. The molecule has 8 heteroatoms. The van der Waals surface area contributed by atoms with Gasteiger partial charge >= 0.3 is 0 Å². The normalized spacial score (nSPS) is 15.2. The number of likely N-dealkylation sites (N-methyl/N-ethyl adjacent to an activating group) is 1. The van der Waals surface area contributed by atoms with E-state index in [4.69, 9.17) is 0 Å². The van der Waals surface area contributed by atoms with Crippen LogP contribution in [0.5, 0.6) is 0 Å². The molecule has 1 unspecified atom stereocenters. The zero-order valence-electron chi connectivity index (χ0n) is 22.3. The first-order chi connectivity index (χ1) is 17.0. The Balaban J connectivity index is 0.00000380. The molecule has 1 amide bonds. The van der Waals surface area contributed by atoms with Crippen molar-refractivity contribution in [2.24, 2.45) is 0 Å². The van der Waals surface area contributed by atoms with Crippen molar-refractivity contribution in [2.45, 2.75) is 65.0 Å². The Labute approximate surface area is 215 Å². The van der Waals surface area contributed by atoms with Crippen molar-refractivity contribution in [2.75, 3.05) is 24.7 Å². The van der Waals surface area contributed by atoms with E-state index in [0.29, 0.717) is 28.9 Å². The van der Waals surface area contributed by atoms with Crippen molar-refractivity contribution < 1.29 is 6.22 Å². The molecule has 192 valence electrons. The fourth-order valence-electron chi connectivity index (χ4n) is 4.26. The lowest BCUT2D eigenvalue weighted by molar-refractivity contribution is 0.0943. The van der Waals surface area contributed by atoms with Gasteiger partial charge in [-0.15, -0.1) is 0 Å². The van der Waals surface area contributed by atoms with E-state index in [1.807, 2.05) is 19.9 Å². The van der Waals surface area contributed by atoms with E-state index in [2.05, 4.69) is 88.9 Å². The minimum absolute atomic E-state index is 0. The highest BCUT2D eigenvalue weighted by Gasteiger charge is 2.23. The Hall–Kier alpha value is -3.52. The lowest BCUT2D eigenvalue weighted by atomic mass is 9.96. The minimum atomic E-state index is -0.195. The van der Waals surface area contributed by atoms with Crippen LogP contribution < -0.4 is 16.0 Å². The van der Waals surface area contributed by atoms with Crippen molar-refractivity contribution in [1.82, 2.24) is 25.2 Å². The van der Waals surface area contributed by atoms with Crippen LogP contribution in [0.1, 0.15) is 63.4 Å². The smallest absolute Gasteiger partial charge is 0.255 e. The van der Waals surface area contributed by atoms with Gasteiger partial charge in [0.05, 0.1) is 11.3 Å². The van der Waals surface area contributed by atoms with Crippen LogP contribution in [-0.4, -0.2) is 51.9 Å². The van der Waals surface area contributed by atoms with E-state index in [1.165, 1.54) is 11.1 Å². The summed E-state index contributed by atoms with van der Waals surface area (Å²) in [4.78, 5) is 28.8. The highest BCUT2D eigenvalue weighted by Crippen LogP contribution is 2.30. The van der Waals surface area contributed by atoms with E-state index in [-0.39, 0.29) is 18.8 Å². The molecule has 2 aromatic heterocycles. The van der Waals surface area contributed by atoms with E-state index in [9.17, 15) is 4.79 Å². The molecule has 0 bridgehead atoms. The number of benzene rings is 1. The van der Waals surface area contributed by atoms with Gasteiger partial charge in [-0.05, 0) is 70.1 Å². The zero-order valence-corrected chi connectivity index (χ0v) is 22.3. The second-order valence-electron chi connectivity index (χ2n) is 11.0. The van der Waals surface area contributed by atoms with Gasteiger partial charge in [-0.1, -0.05) is 26.8 Å². The molecule has 3 aromatic rings. The van der Waals surface area contributed by atoms with Crippen molar-refractivity contribution >= 4 is 28.9 Å². The van der Waals surface area contributed by atoms with Crippen molar-refractivity contribution in [1.29, 1.82) is 0 Å². The third kappa shape index (κ3) is 5.99. The summed E-state index contributed by atoms with van der Waals surface area (Å²) in [5, 5.41) is 9.70. The fourth-order valence-corrected chi connectivity index (χ4v) is 4.26. The molecule has 3 N–H and O–H groups in total. The highest BCUT2D eigenvalue weighted by atomic mass is 16.1. The Kier molecular flexibility index (Phi) is 7.26. The highest BCUT2D eigenvalue weighted by molar-refractivity contribution is 6.00. The molecule has 2 heterocycles. The van der Waals surface area contributed by atoms with Crippen LogP contribution in [0.3, 0.4) is 0 Å². The molecule has 0 saturated carbocycles. The maximum Gasteiger partial charge on any atom is 0.255 e. The van der Waals surface area contributed by atoms with E-state index < -0.39 is 0 Å². The van der Waals surface area contributed by atoms with E-state index >= 15 is 0 Å². The number of hydrogen-bond donors (Lipinski definition) is 3. The van der Waals surface area contributed by atoms with Crippen LogP contribution in [0.4, 0.5) is 23.0 Å². The number of nitrogens with zero attached hydrogens (tertiary/aromatic N) is 4. The number of nitrogens with one attached hydrogen (secondary N) is 3. The second-order valence-corrected chi connectivity index (χ2v) is 11.0. The van der Waals surface area contributed by atoms with Crippen molar-refractivity contribution in [3.05, 3.63) is 65.2 Å². The maximum atomic E-state index is 12.9. The van der Waals surface area contributed by atoms with E-state index in [1.54, 1.807) is 18.5 Å². The summed E-state index contributed by atoms with van der Waals surface area (Å²) >= 11 is 0. The quantitative estimate of drug-likeness (QED) is 0.426. The Morgan fingerprint density at radius 2 is 1.78 bits per heavy atom. The topological polar surface area (TPSA) is 95.1 Å². The fraction of sp³-hybridized carbons (Fsp3) is 0.429. The molecule has 0 saturated heterocycles. The lowest BCUT2D eigenvalue weighted by Gasteiger charge is -2.18. The maximum absolute atomic E-state index is 12.9. The molecular formula is C28H39N7O. The number of anilines is 4. The number of aromatic nitrogens is 3. The van der Waals surface area contributed by atoms with Gasteiger partial charge in [0, 0.05) is 43.1 Å². The molecule has 8 nitrogen and oxygen atoms in total. The summed E-state index contributed by atoms with van der Waals surface area (Å²) in [5.41, 5.74) is 4.61. The number of amides is 1. The van der Waals surface area contributed by atoms with Gasteiger partial charge in [-0.3, -0.25) is 4.79 Å². The summed E-state index contributed by atoms with van der Waals surface area (Å²) in [6, 6.07) is 10.7. The summed E-state index contributed by atoms with van der Waals surface area (Å²) in [6.07, 6.45) is 5.44. The molecule has 0 aliphatic heterocycles. The number of pyridine rings is 1. The molecule has 4 rings (SSSR count). The summed E-state index contributed by atoms with van der Waals surface area (Å²) in [6.45, 7) is 10.1. The standard InChI is InChI=1S/C28H37N7O.H2/c1-17(2)31-26(36)22-16-30-25(15-23(22)33-24-10-11-29-27(34-24)28(3,4)5)32-20-9-8-18-13-21(35(6)7)14-19(18)12-20;/h8-12,15-17,21H,13-14H2,1-7H3,(H,31,36)(H2,29,30,32,33,34);1H. The molecule has 1 atom stereocenters. The third-order valence-electron chi connectivity index (χ3n) is 6.28. The number of hydrogen-bond acceptors (Lipinski definition) is 7. The molecule has 0 fully saturated rings. The largest absolute Gasteiger partial charge is 0.350 e. The number of rotatable bonds is 7. The first-order valence-electron chi connectivity index (χ1n) is 12.5. The van der Waals surface area contributed by atoms with Crippen LogP contribution in [0.2, 0.25) is 0 Å². The van der Waals surface area contributed by atoms with Crippen LogP contribution >= 0.6 is 0 Å². The minimum Gasteiger partial charge on any atom is -0.350 e. The molecule has 0 radical (unpaired) electrons. The van der Waals surface area contributed by atoms with Crippen molar-refractivity contribution in [3.63, 3.8) is 0 Å². The predicted molar refractivity (Wildman–Crippen MR) is 148 cm³/mol. The predicted octanol–water partition coefficient (Wildman–Crippen LogP) is 5.07. The summed E-state index contributed by atoms with van der Waals surface area (Å²) < 4.78 is 0. The second kappa shape index (κ2) is 10.2. The lowest BCUT2D eigenvalue weighted by Crippen LogP contribution is -2.30. The van der Waals surface area contributed by atoms with Gasteiger partial charge in [0.15, 0.2) is 0 Å². The number of carbonyl (C=O) groups is 1. The Morgan fingerprint density at radius 1 is 1.03 bits per heavy atom. The SMILES string of the molecule is CC(C)NC(=O)c1cnc(Nc2ccc3c(c2)CC(N(C)C)C3)cc1Nc1ccnc(C(C)(C)C)n1.[HH]. The molecule has 1 aliphatic carbocycles. The van der Waals surface area contributed by atoms with Crippen molar-refractivity contribution in [3.8, 4) is 0 Å².